The first-order chi connectivity index (χ1) is 12.6. The van der Waals surface area contributed by atoms with E-state index in [4.69, 9.17) is 4.42 Å². The summed E-state index contributed by atoms with van der Waals surface area (Å²) in [6.07, 6.45) is 2.49. The lowest BCUT2D eigenvalue weighted by Gasteiger charge is -2.33. The largest absolute Gasteiger partial charge is 0.441 e. The standard InChI is InChI=1S/C19H15FN4O2/c1-11-22-15-6-12(2-4-17(15)26-11)13-3-5-18-21-7-16(24(18)8-13)19(25)23-9-14(20)10-23/h2-8,14H,9-10H2,1H3. The molecule has 6 nitrogen and oxygen atoms in total. The number of imidazole rings is 1. The van der Waals surface area contributed by atoms with Crippen molar-refractivity contribution in [3.8, 4) is 11.1 Å². The maximum absolute atomic E-state index is 13.1. The molecular weight excluding hydrogens is 335 g/mol. The summed E-state index contributed by atoms with van der Waals surface area (Å²) < 4.78 is 20.3. The molecule has 1 aromatic carbocycles. The quantitative estimate of drug-likeness (QED) is 0.557. The fraction of sp³-hybridized carbons (Fsp3) is 0.211. The van der Waals surface area contributed by atoms with E-state index < -0.39 is 6.17 Å². The molecule has 26 heavy (non-hydrogen) atoms. The van der Waals surface area contributed by atoms with Gasteiger partial charge in [-0.15, -0.1) is 0 Å². The molecule has 0 bridgehead atoms. The van der Waals surface area contributed by atoms with Gasteiger partial charge in [-0.3, -0.25) is 9.20 Å². The number of alkyl halides is 1. The average Bonchev–Trinajstić information content (AvgIpc) is 3.19. The summed E-state index contributed by atoms with van der Waals surface area (Å²) in [5, 5.41) is 0. The Bertz CT molecular complexity index is 1160. The summed E-state index contributed by atoms with van der Waals surface area (Å²) >= 11 is 0. The molecule has 1 amide bonds. The number of oxazole rings is 1. The van der Waals surface area contributed by atoms with Crippen LogP contribution in [0.15, 0.2) is 47.1 Å². The molecule has 0 unspecified atom stereocenters. The van der Waals surface area contributed by atoms with E-state index in [1.54, 1.807) is 4.40 Å². The molecule has 1 aliphatic rings. The molecule has 0 aliphatic carbocycles. The van der Waals surface area contributed by atoms with Crippen LogP contribution in [0.3, 0.4) is 0 Å². The summed E-state index contributed by atoms with van der Waals surface area (Å²) in [5.74, 6) is 0.418. The number of fused-ring (bicyclic) bond motifs is 2. The fourth-order valence-electron chi connectivity index (χ4n) is 3.28. The maximum Gasteiger partial charge on any atom is 0.272 e. The molecule has 4 aromatic rings. The number of benzene rings is 1. The van der Waals surface area contributed by atoms with Crippen LogP contribution < -0.4 is 0 Å². The number of aryl methyl sites for hydroxylation is 1. The lowest BCUT2D eigenvalue weighted by molar-refractivity contribution is 0.0393. The minimum Gasteiger partial charge on any atom is -0.441 e. The molecule has 3 aromatic heterocycles. The van der Waals surface area contributed by atoms with Crippen LogP contribution in [0.4, 0.5) is 4.39 Å². The van der Waals surface area contributed by atoms with Gasteiger partial charge in [0, 0.05) is 13.1 Å². The smallest absolute Gasteiger partial charge is 0.272 e. The van der Waals surface area contributed by atoms with Gasteiger partial charge >= 0.3 is 0 Å². The van der Waals surface area contributed by atoms with Crippen molar-refractivity contribution >= 4 is 22.7 Å². The molecular formula is C19H15FN4O2. The van der Waals surface area contributed by atoms with Crippen molar-refractivity contribution in [2.75, 3.05) is 13.1 Å². The van der Waals surface area contributed by atoms with Crippen molar-refractivity contribution < 1.29 is 13.6 Å². The first-order valence-electron chi connectivity index (χ1n) is 8.36. The zero-order chi connectivity index (χ0) is 17.8. The van der Waals surface area contributed by atoms with Crippen LogP contribution in [-0.2, 0) is 0 Å². The van der Waals surface area contributed by atoms with E-state index >= 15 is 0 Å². The van der Waals surface area contributed by atoms with Crippen LogP contribution >= 0.6 is 0 Å². The second-order valence-electron chi connectivity index (χ2n) is 6.51. The van der Waals surface area contributed by atoms with Crippen molar-refractivity contribution in [2.45, 2.75) is 13.1 Å². The summed E-state index contributed by atoms with van der Waals surface area (Å²) in [5.41, 5.74) is 4.53. The van der Waals surface area contributed by atoms with Crippen LogP contribution in [0.25, 0.3) is 27.9 Å². The number of likely N-dealkylation sites (tertiary alicyclic amines) is 1. The van der Waals surface area contributed by atoms with Crippen LogP contribution in [0, 0.1) is 6.92 Å². The van der Waals surface area contributed by atoms with Crippen LogP contribution in [0.2, 0.25) is 0 Å². The molecule has 1 saturated heterocycles. The van der Waals surface area contributed by atoms with E-state index in [-0.39, 0.29) is 19.0 Å². The van der Waals surface area contributed by atoms with E-state index in [1.807, 2.05) is 43.5 Å². The molecule has 4 heterocycles. The van der Waals surface area contributed by atoms with Gasteiger partial charge in [-0.1, -0.05) is 6.07 Å². The topological polar surface area (TPSA) is 63.6 Å². The monoisotopic (exact) mass is 350 g/mol. The number of rotatable bonds is 2. The number of amides is 1. The van der Waals surface area contributed by atoms with E-state index in [0.29, 0.717) is 17.2 Å². The molecule has 1 fully saturated rings. The van der Waals surface area contributed by atoms with Gasteiger partial charge in [0.2, 0.25) is 0 Å². The van der Waals surface area contributed by atoms with Crippen molar-refractivity contribution in [3.05, 3.63) is 54.3 Å². The molecule has 0 spiro atoms. The highest BCUT2D eigenvalue weighted by molar-refractivity contribution is 5.94. The highest BCUT2D eigenvalue weighted by Crippen LogP contribution is 2.26. The van der Waals surface area contributed by atoms with Gasteiger partial charge in [0.25, 0.3) is 5.91 Å². The Morgan fingerprint density at radius 1 is 1.23 bits per heavy atom. The zero-order valence-electron chi connectivity index (χ0n) is 14.0. The molecule has 130 valence electrons. The maximum atomic E-state index is 13.1. The summed E-state index contributed by atoms with van der Waals surface area (Å²) in [6.45, 7) is 2.11. The second-order valence-corrected chi connectivity index (χ2v) is 6.51. The Hall–Kier alpha value is -3.22. The number of aromatic nitrogens is 3. The predicted molar refractivity (Wildman–Crippen MR) is 93.7 cm³/mol. The number of halogens is 1. The molecule has 0 saturated carbocycles. The highest BCUT2D eigenvalue weighted by atomic mass is 19.1. The molecule has 1 aliphatic heterocycles. The van der Waals surface area contributed by atoms with Gasteiger partial charge < -0.3 is 9.32 Å². The van der Waals surface area contributed by atoms with Gasteiger partial charge in [0.15, 0.2) is 11.5 Å². The van der Waals surface area contributed by atoms with Gasteiger partial charge in [0.1, 0.15) is 23.0 Å². The lowest BCUT2D eigenvalue weighted by Crippen LogP contribution is -2.51. The molecule has 0 atom stereocenters. The molecule has 0 N–H and O–H groups in total. The lowest BCUT2D eigenvalue weighted by atomic mass is 10.1. The zero-order valence-corrected chi connectivity index (χ0v) is 14.0. The Morgan fingerprint density at radius 2 is 2.04 bits per heavy atom. The van der Waals surface area contributed by atoms with Crippen molar-refractivity contribution in [2.24, 2.45) is 0 Å². The first kappa shape index (κ1) is 15.1. The van der Waals surface area contributed by atoms with Crippen molar-refractivity contribution in [3.63, 3.8) is 0 Å². The number of hydrogen-bond acceptors (Lipinski definition) is 4. The first-order valence-corrected chi connectivity index (χ1v) is 8.36. The van der Waals surface area contributed by atoms with Crippen LogP contribution in [-0.4, -0.2) is 44.4 Å². The second kappa shape index (κ2) is 5.39. The van der Waals surface area contributed by atoms with E-state index in [1.165, 1.54) is 11.1 Å². The third kappa shape index (κ3) is 2.28. The van der Waals surface area contributed by atoms with Crippen LogP contribution in [0.5, 0.6) is 0 Å². The molecule has 5 rings (SSSR count). The highest BCUT2D eigenvalue weighted by Gasteiger charge is 2.32. The van der Waals surface area contributed by atoms with E-state index in [0.717, 1.165) is 22.2 Å². The Balaban J connectivity index is 1.57. The predicted octanol–water partition coefficient (Wildman–Crippen LogP) is 3.24. The van der Waals surface area contributed by atoms with Gasteiger partial charge in [-0.05, 0) is 35.4 Å². The summed E-state index contributed by atoms with van der Waals surface area (Å²) in [6, 6.07) is 9.60. The van der Waals surface area contributed by atoms with Gasteiger partial charge in [-0.2, -0.15) is 0 Å². The van der Waals surface area contributed by atoms with Crippen molar-refractivity contribution in [1.82, 2.24) is 19.3 Å². The van der Waals surface area contributed by atoms with Gasteiger partial charge in [-0.25, -0.2) is 14.4 Å². The van der Waals surface area contributed by atoms with Crippen molar-refractivity contribution in [1.29, 1.82) is 0 Å². The minimum atomic E-state index is -0.925. The number of pyridine rings is 1. The van der Waals surface area contributed by atoms with Crippen LogP contribution in [0.1, 0.15) is 16.4 Å². The number of nitrogens with zero attached hydrogens (tertiary/aromatic N) is 4. The fourth-order valence-corrected chi connectivity index (χ4v) is 3.28. The molecule has 0 radical (unpaired) electrons. The Kier molecular flexibility index (Phi) is 3.12. The number of carbonyl (C=O) groups is 1. The minimum absolute atomic E-state index is 0.147. The Morgan fingerprint density at radius 3 is 2.85 bits per heavy atom. The molecule has 7 heteroatoms. The third-order valence-electron chi connectivity index (χ3n) is 4.68. The average molecular weight is 350 g/mol. The third-order valence-corrected chi connectivity index (χ3v) is 4.68. The summed E-state index contributed by atoms with van der Waals surface area (Å²) in [4.78, 5) is 22.7. The van der Waals surface area contributed by atoms with E-state index in [2.05, 4.69) is 9.97 Å². The SMILES string of the molecule is Cc1nc2cc(-c3ccc4ncc(C(=O)N5CC(F)C5)n4c3)ccc2o1. The van der Waals surface area contributed by atoms with Gasteiger partial charge in [0.05, 0.1) is 19.3 Å². The Labute approximate surface area is 147 Å². The van der Waals surface area contributed by atoms with E-state index in [9.17, 15) is 9.18 Å². The summed E-state index contributed by atoms with van der Waals surface area (Å²) in [7, 11) is 0. The number of carbonyl (C=O) groups excluding carboxylic acids is 1. The number of hydrogen-bond donors (Lipinski definition) is 0. The normalized spacial score (nSPS) is 14.9.